The van der Waals surface area contributed by atoms with Gasteiger partial charge in [0.25, 0.3) is 5.91 Å². The molecule has 4 heteroatoms. The molecule has 80 valence electrons. The standard InChI is InChI=1S/C11H12BrNO2/c12-10-5-3-9(4-6-10)11(14)13-7-1-2-8-15-13/h3-6H,1-2,7-8H2. The minimum Gasteiger partial charge on any atom is -0.271 e. The van der Waals surface area contributed by atoms with E-state index in [0.29, 0.717) is 18.7 Å². The zero-order chi connectivity index (χ0) is 10.7. The second kappa shape index (κ2) is 4.77. The number of benzene rings is 1. The molecule has 1 heterocycles. The highest BCUT2D eigenvalue weighted by Gasteiger charge is 2.18. The number of carbonyl (C=O) groups excluding carboxylic acids is 1. The van der Waals surface area contributed by atoms with Crippen LogP contribution in [0.1, 0.15) is 23.2 Å². The number of nitrogens with zero attached hydrogens (tertiary/aromatic N) is 1. The normalized spacial score (nSPS) is 16.5. The largest absolute Gasteiger partial charge is 0.277 e. The van der Waals surface area contributed by atoms with Crippen LogP contribution in [0.2, 0.25) is 0 Å². The molecule has 0 saturated carbocycles. The molecular formula is C11H12BrNO2. The van der Waals surface area contributed by atoms with Gasteiger partial charge in [-0.15, -0.1) is 0 Å². The average Bonchev–Trinajstić information content (AvgIpc) is 2.30. The molecule has 1 fully saturated rings. The number of rotatable bonds is 1. The minimum atomic E-state index is -0.0535. The van der Waals surface area contributed by atoms with Crippen molar-refractivity contribution in [1.82, 2.24) is 5.06 Å². The maximum absolute atomic E-state index is 11.9. The summed E-state index contributed by atoms with van der Waals surface area (Å²) in [6, 6.07) is 7.31. The van der Waals surface area contributed by atoms with Crippen molar-refractivity contribution < 1.29 is 9.63 Å². The Morgan fingerprint density at radius 3 is 2.60 bits per heavy atom. The SMILES string of the molecule is O=C(c1ccc(Br)cc1)N1CCCCO1. The quantitative estimate of drug-likeness (QED) is 0.785. The monoisotopic (exact) mass is 269 g/mol. The van der Waals surface area contributed by atoms with Crippen molar-refractivity contribution in [3.05, 3.63) is 34.3 Å². The minimum absolute atomic E-state index is 0.0535. The third kappa shape index (κ3) is 2.58. The fourth-order valence-electron chi connectivity index (χ4n) is 1.49. The molecule has 1 amide bonds. The van der Waals surface area contributed by atoms with Crippen LogP contribution in [-0.4, -0.2) is 24.1 Å². The van der Waals surface area contributed by atoms with Crippen LogP contribution in [0.15, 0.2) is 28.7 Å². The predicted octanol–water partition coefficient (Wildman–Crippen LogP) is 2.62. The lowest BCUT2D eigenvalue weighted by molar-refractivity contribution is -0.144. The summed E-state index contributed by atoms with van der Waals surface area (Å²) in [4.78, 5) is 17.2. The zero-order valence-corrected chi connectivity index (χ0v) is 9.87. The topological polar surface area (TPSA) is 29.5 Å². The lowest BCUT2D eigenvalue weighted by Gasteiger charge is -2.25. The number of hydroxylamine groups is 2. The van der Waals surface area contributed by atoms with Gasteiger partial charge in [-0.1, -0.05) is 15.9 Å². The molecule has 1 aromatic carbocycles. The first-order valence-electron chi connectivity index (χ1n) is 4.98. The van der Waals surface area contributed by atoms with Crippen LogP contribution in [0.3, 0.4) is 0 Å². The third-order valence-electron chi connectivity index (χ3n) is 2.32. The Kier molecular flexibility index (Phi) is 3.38. The highest BCUT2D eigenvalue weighted by Crippen LogP contribution is 2.14. The van der Waals surface area contributed by atoms with E-state index in [1.165, 1.54) is 5.06 Å². The summed E-state index contributed by atoms with van der Waals surface area (Å²) in [5.74, 6) is -0.0535. The van der Waals surface area contributed by atoms with Crippen LogP contribution in [0.25, 0.3) is 0 Å². The number of hydrogen-bond donors (Lipinski definition) is 0. The van der Waals surface area contributed by atoms with E-state index >= 15 is 0 Å². The fourth-order valence-corrected chi connectivity index (χ4v) is 1.76. The van der Waals surface area contributed by atoms with Gasteiger partial charge in [-0.2, -0.15) is 0 Å². The number of hydrogen-bond acceptors (Lipinski definition) is 2. The molecule has 2 rings (SSSR count). The van der Waals surface area contributed by atoms with E-state index in [9.17, 15) is 4.79 Å². The van der Waals surface area contributed by atoms with Crippen LogP contribution in [0.5, 0.6) is 0 Å². The van der Waals surface area contributed by atoms with Crippen molar-refractivity contribution in [3.63, 3.8) is 0 Å². The van der Waals surface area contributed by atoms with Gasteiger partial charge in [0, 0.05) is 16.6 Å². The van der Waals surface area contributed by atoms with Crippen LogP contribution < -0.4 is 0 Å². The summed E-state index contributed by atoms with van der Waals surface area (Å²) >= 11 is 3.33. The van der Waals surface area contributed by atoms with Gasteiger partial charge < -0.3 is 0 Å². The van der Waals surface area contributed by atoms with Crippen LogP contribution in [0, 0.1) is 0 Å². The molecule has 3 nitrogen and oxygen atoms in total. The second-order valence-electron chi connectivity index (χ2n) is 3.45. The van der Waals surface area contributed by atoms with Gasteiger partial charge in [-0.05, 0) is 37.1 Å². The molecular weight excluding hydrogens is 258 g/mol. The van der Waals surface area contributed by atoms with E-state index < -0.39 is 0 Å². The number of halogens is 1. The maximum Gasteiger partial charge on any atom is 0.277 e. The van der Waals surface area contributed by atoms with Crippen LogP contribution >= 0.6 is 15.9 Å². The molecule has 0 bridgehead atoms. The van der Waals surface area contributed by atoms with Gasteiger partial charge in [0.15, 0.2) is 0 Å². The lowest BCUT2D eigenvalue weighted by atomic mass is 10.2. The first-order valence-corrected chi connectivity index (χ1v) is 5.77. The van der Waals surface area contributed by atoms with Crippen LogP contribution in [-0.2, 0) is 4.84 Å². The summed E-state index contributed by atoms with van der Waals surface area (Å²) < 4.78 is 0.971. The smallest absolute Gasteiger partial charge is 0.271 e. The number of amides is 1. The van der Waals surface area contributed by atoms with Crippen molar-refractivity contribution in [2.24, 2.45) is 0 Å². The predicted molar refractivity (Wildman–Crippen MR) is 60.4 cm³/mol. The summed E-state index contributed by atoms with van der Waals surface area (Å²) in [5.41, 5.74) is 0.667. The molecule has 0 atom stereocenters. The van der Waals surface area contributed by atoms with E-state index in [4.69, 9.17) is 4.84 Å². The third-order valence-corrected chi connectivity index (χ3v) is 2.85. The lowest BCUT2D eigenvalue weighted by Crippen LogP contribution is -2.35. The summed E-state index contributed by atoms with van der Waals surface area (Å²) in [7, 11) is 0. The van der Waals surface area contributed by atoms with Gasteiger partial charge in [0.1, 0.15) is 0 Å². The maximum atomic E-state index is 11.9. The van der Waals surface area contributed by atoms with Crippen molar-refractivity contribution in [3.8, 4) is 0 Å². The molecule has 15 heavy (non-hydrogen) atoms. The Balaban J connectivity index is 2.09. The molecule has 0 spiro atoms. The second-order valence-corrected chi connectivity index (χ2v) is 4.37. The molecule has 0 aromatic heterocycles. The van der Waals surface area contributed by atoms with E-state index in [2.05, 4.69) is 15.9 Å². The Bertz CT molecular complexity index is 344. The van der Waals surface area contributed by atoms with Gasteiger partial charge in [-0.3, -0.25) is 9.63 Å². The Morgan fingerprint density at radius 1 is 1.27 bits per heavy atom. The Labute approximate surface area is 97.1 Å². The van der Waals surface area contributed by atoms with E-state index in [0.717, 1.165) is 17.3 Å². The Hall–Kier alpha value is -0.870. The van der Waals surface area contributed by atoms with Gasteiger partial charge in [0.2, 0.25) is 0 Å². The first kappa shape index (κ1) is 10.6. The molecule has 1 aromatic rings. The molecule has 1 aliphatic heterocycles. The van der Waals surface area contributed by atoms with Crippen LogP contribution in [0.4, 0.5) is 0 Å². The Morgan fingerprint density at radius 2 is 2.00 bits per heavy atom. The molecule has 1 aliphatic rings. The van der Waals surface area contributed by atoms with Gasteiger partial charge >= 0.3 is 0 Å². The molecule has 0 radical (unpaired) electrons. The van der Waals surface area contributed by atoms with Crippen molar-refractivity contribution in [1.29, 1.82) is 0 Å². The number of carbonyl (C=O) groups is 1. The molecule has 1 saturated heterocycles. The van der Waals surface area contributed by atoms with Gasteiger partial charge in [-0.25, -0.2) is 5.06 Å². The van der Waals surface area contributed by atoms with Crippen molar-refractivity contribution >= 4 is 21.8 Å². The van der Waals surface area contributed by atoms with E-state index in [1.54, 1.807) is 12.1 Å². The highest BCUT2D eigenvalue weighted by molar-refractivity contribution is 9.10. The van der Waals surface area contributed by atoms with Gasteiger partial charge in [0.05, 0.1) is 6.61 Å². The van der Waals surface area contributed by atoms with Crippen molar-refractivity contribution in [2.75, 3.05) is 13.2 Å². The first-order chi connectivity index (χ1) is 7.27. The molecule has 0 unspecified atom stereocenters. The molecule has 0 aliphatic carbocycles. The molecule has 0 N–H and O–H groups in total. The highest BCUT2D eigenvalue weighted by atomic mass is 79.9. The van der Waals surface area contributed by atoms with Crippen molar-refractivity contribution in [2.45, 2.75) is 12.8 Å². The van der Waals surface area contributed by atoms with E-state index in [1.807, 2.05) is 12.1 Å². The van der Waals surface area contributed by atoms with E-state index in [-0.39, 0.29) is 5.91 Å². The zero-order valence-electron chi connectivity index (χ0n) is 8.28. The summed E-state index contributed by atoms with van der Waals surface area (Å²) in [6.07, 6.45) is 2.05. The summed E-state index contributed by atoms with van der Waals surface area (Å²) in [6.45, 7) is 1.33. The average molecular weight is 270 g/mol. The fraction of sp³-hybridized carbons (Fsp3) is 0.364. The summed E-state index contributed by atoms with van der Waals surface area (Å²) in [5, 5.41) is 1.45.